The summed E-state index contributed by atoms with van der Waals surface area (Å²) in [5, 5.41) is 8.71. The minimum absolute atomic E-state index is 0.00716. The van der Waals surface area contributed by atoms with Crippen molar-refractivity contribution in [3.05, 3.63) is 28.0 Å². The van der Waals surface area contributed by atoms with Crippen LogP contribution in [0.25, 0.3) is 0 Å². The van der Waals surface area contributed by atoms with Crippen LogP contribution in [0.1, 0.15) is 23.4 Å². The lowest BCUT2D eigenvalue weighted by Crippen LogP contribution is -2.07. The fourth-order valence-corrected chi connectivity index (χ4v) is 1.30. The first kappa shape index (κ1) is 11.3. The van der Waals surface area contributed by atoms with Gasteiger partial charge in [-0.2, -0.15) is 0 Å². The Kier molecular flexibility index (Phi) is 3.74. The van der Waals surface area contributed by atoms with Crippen molar-refractivity contribution in [1.29, 1.82) is 0 Å². The Hall–Kier alpha value is -0.780. The zero-order valence-electron chi connectivity index (χ0n) is 7.17. The van der Waals surface area contributed by atoms with E-state index in [1.54, 1.807) is 0 Å². The third kappa shape index (κ3) is 2.17. The average molecular weight is 223 g/mol. The molecule has 0 spiro atoms. The number of hydrogen-bond donors (Lipinski definition) is 2. The first-order valence-corrected chi connectivity index (χ1v) is 4.25. The van der Waals surface area contributed by atoms with E-state index in [4.69, 9.17) is 22.4 Å². The van der Waals surface area contributed by atoms with Crippen molar-refractivity contribution in [2.45, 2.75) is 19.6 Å². The van der Waals surface area contributed by atoms with Gasteiger partial charge in [0, 0.05) is 12.1 Å². The summed E-state index contributed by atoms with van der Waals surface area (Å²) >= 11 is 5.54. The number of nitrogens with zero attached hydrogens (tertiary/aromatic N) is 1. The molecule has 0 amide bonds. The number of aliphatic hydroxyl groups is 1. The van der Waals surface area contributed by atoms with E-state index in [-0.39, 0.29) is 23.9 Å². The van der Waals surface area contributed by atoms with E-state index >= 15 is 0 Å². The van der Waals surface area contributed by atoms with E-state index in [1.807, 2.05) is 0 Å². The fraction of sp³-hybridized carbons (Fsp3) is 0.375. The zero-order chi connectivity index (χ0) is 10.7. The lowest BCUT2D eigenvalue weighted by atomic mass is 10.2. The highest BCUT2D eigenvalue weighted by Crippen LogP contribution is 2.26. The molecule has 0 aliphatic heterocycles. The van der Waals surface area contributed by atoms with Crippen molar-refractivity contribution >= 4 is 11.6 Å². The van der Waals surface area contributed by atoms with Crippen molar-refractivity contribution in [3.63, 3.8) is 0 Å². The van der Waals surface area contributed by atoms with Gasteiger partial charge in [0.25, 0.3) is 6.43 Å². The van der Waals surface area contributed by atoms with Crippen LogP contribution in [0.4, 0.5) is 8.78 Å². The van der Waals surface area contributed by atoms with Crippen LogP contribution < -0.4 is 5.73 Å². The number of aliphatic hydroxyl groups excluding tert-OH is 1. The predicted octanol–water partition coefficient (Wildman–Crippen LogP) is 1.62. The van der Waals surface area contributed by atoms with Crippen molar-refractivity contribution in [2.75, 3.05) is 0 Å². The quantitative estimate of drug-likeness (QED) is 0.817. The van der Waals surface area contributed by atoms with Gasteiger partial charge >= 0.3 is 0 Å². The van der Waals surface area contributed by atoms with Crippen LogP contribution in [-0.2, 0) is 13.2 Å². The van der Waals surface area contributed by atoms with Gasteiger partial charge in [-0.1, -0.05) is 11.6 Å². The van der Waals surface area contributed by atoms with Gasteiger partial charge in [-0.15, -0.1) is 0 Å². The summed E-state index contributed by atoms with van der Waals surface area (Å²) in [6.45, 7) is -0.324. The summed E-state index contributed by atoms with van der Waals surface area (Å²) in [6.07, 6.45) is -2.74. The minimum atomic E-state index is -2.74. The van der Waals surface area contributed by atoms with Gasteiger partial charge < -0.3 is 10.8 Å². The standard InChI is InChI=1S/C8H9ClF2N2O/c9-5-1-4(3-14)6(2-12)13-7(5)8(10)11/h1,8,14H,2-3,12H2. The topological polar surface area (TPSA) is 59.1 Å². The van der Waals surface area contributed by atoms with Gasteiger partial charge in [-0.05, 0) is 6.07 Å². The minimum Gasteiger partial charge on any atom is -0.392 e. The first-order valence-electron chi connectivity index (χ1n) is 3.87. The lowest BCUT2D eigenvalue weighted by molar-refractivity contribution is 0.145. The van der Waals surface area contributed by atoms with Crippen LogP contribution >= 0.6 is 11.6 Å². The maximum Gasteiger partial charge on any atom is 0.281 e. The van der Waals surface area contributed by atoms with Gasteiger partial charge in [0.05, 0.1) is 17.3 Å². The maximum absolute atomic E-state index is 12.3. The molecule has 0 aromatic carbocycles. The number of halogens is 3. The molecule has 1 heterocycles. The number of alkyl halides is 2. The molecule has 3 nitrogen and oxygen atoms in total. The third-order valence-corrected chi connectivity index (χ3v) is 2.04. The van der Waals surface area contributed by atoms with Crippen molar-refractivity contribution in [3.8, 4) is 0 Å². The van der Waals surface area contributed by atoms with Gasteiger partial charge in [0.15, 0.2) is 0 Å². The first-order chi connectivity index (χ1) is 6.60. The molecule has 0 saturated carbocycles. The molecule has 1 aromatic rings. The van der Waals surface area contributed by atoms with Crippen LogP contribution in [-0.4, -0.2) is 10.1 Å². The average Bonchev–Trinajstić information content (AvgIpc) is 2.16. The van der Waals surface area contributed by atoms with E-state index in [1.165, 1.54) is 6.07 Å². The second kappa shape index (κ2) is 4.63. The zero-order valence-corrected chi connectivity index (χ0v) is 7.93. The lowest BCUT2D eigenvalue weighted by Gasteiger charge is -2.08. The Balaban J connectivity index is 3.23. The van der Waals surface area contributed by atoms with Gasteiger partial charge in [0.2, 0.25) is 0 Å². The van der Waals surface area contributed by atoms with Crippen molar-refractivity contribution in [1.82, 2.24) is 4.98 Å². The summed E-state index contributed by atoms with van der Waals surface area (Å²) in [4.78, 5) is 3.59. The van der Waals surface area contributed by atoms with Crippen molar-refractivity contribution < 1.29 is 13.9 Å². The molecule has 0 atom stereocenters. The molecule has 0 aliphatic carbocycles. The molecule has 0 unspecified atom stereocenters. The molecular formula is C8H9ClF2N2O. The highest BCUT2D eigenvalue weighted by molar-refractivity contribution is 6.31. The Bertz CT molecular complexity index is 333. The van der Waals surface area contributed by atoms with E-state index in [0.29, 0.717) is 5.56 Å². The predicted molar refractivity (Wildman–Crippen MR) is 48.0 cm³/mol. The van der Waals surface area contributed by atoms with Gasteiger partial charge in [-0.25, -0.2) is 13.8 Å². The van der Waals surface area contributed by atoms with Gasteiger partial charge in [-0.3, -0.25) is 0 Å². The van der Waals surface area contributed by atoms with Crippen LogP contribution in [0.3, 0.4) is 0 Å². The third-order valence-electron chi connectivity index (χ3n) is 1.74. The van der Waals surface area contributed by atoms with Crippen molar-refractivity contribution in [2.24, 2.45) is 5.73 Å². The molecule has 1 rings (SSSR count). The molecule has 1 aromatic heterocycles. The van der Waals surface area contributed by atoms with Crippen LogP contribution in [0.5, 0.6) is 0 Å². The molecule has 0 radical (unpaired) electrons. The Morgan fingerprint density at radius 2 is 2.21 bits per heavy atom. The molecule has 0 aliphatic rings. The smallest absolute Gasteiger partial charge is 0.281 e. The van der Waals surface area contributed by atoms with E-state index in [9.17, 15) is 8.78 Å². The number of rotatable bonds is 3. The molecular weight excluding hydrogens is 214 g/mol. The highest BCUT2D eigenvalue weighted by Gasteiger charge is 2.16. The number of nitrogens with two attached hydrogens (primary N) is 1. The molecule has 0 fully saturated rings. The normalized spacial score (nSPS) is 11.0. The summed E-state index contributed by atoms with van der Waals surface area (Å²) < 4.78 is 24.7. The van der Waals surface area contributed by atoms with E-state index < -0.39 is 12.1 Å². The largest absolute Gasteiger partial charge is 0.392 e. The fourth-order valence-electron chi connectivity index (χ4n) is 1.05. The van der Waals surface area contributed by atoms with Crippen LogP contribution in [0.2, 0.25) is 5.02 Å². The Morgan fingerprint density at radius 1 is 1.57 bits per heavy atom. The second-order valence-corrected chi connectivity index (χ2v) is 3.03. The van der Waals surface area contributed by atoms with E-state index in [0.717, 1.165) is 0 Å². The Morgan fingerprint density at radius 3 is 2.64 bits per heavy atom. The molecule has 0 saturated heterocycles. The summed E-state index contributed by atoms with van der Waals surface area (Å²) in [7, 11) is 0. The number of hydrogen-bond acceptors (Lipinski definition) is 3. The number of aromatic nitrogens is 1. The van der Waals surface area contributed by atoms with E-state index in [2.05, 4.69) is 4.98 Å². The molecule has 78 valence electrons. The van der Waals surface area contributed by atoms with Crippen LogP contribution in [0.15, 0.2) is 6.07 Å². The summed E-state index contributed by atoms with van der Waals surface area (Å²) in [5.74, 6) is 0. The van der Waals surface area contributed by atoms with Crippen LogP contribution in [0, 0.1) is 0 Å². The summed E-state index contributed by atoms with van der Waals surface area (Å²) in [5.41, 5.74) is 5.41. The maximum atomic E-state index is 12.3. The highest BCUT2D eigenvalue weighted by atomic mass is 35.5. The molecule has 0 bridgehead atoms. The second-order valence-electron chi connectivity index (χ2n) is 2.62. The SMILES string of the molecule is NCc1nc(C(F)F)c(Cl)cc1CO. The molecule has 6 heteroatoms. The number of pyridine rings is 1. The summed E-state index contributed by atoms with van der Waals surface area (Å²) in [6, 6.07) is 1.26. The Labute approximate surface area is 84.5 Å². The molecule has 14 heavy (non-hydrogen) atoms. The molecule has 3 N–H and O–H groups in total. The van der Waals surface area contributed by atoms with Gasteiger partial charge in [0.1, 0.15) is 5.69 Å². The monoisotopic (exact) mass is 222 g/mol.